The molecule has 20 heavy (non-hydrogen) atoms. The molecule has 1 N–H and O–H groups in total. The number of nitrogens with zero attached hydrogens (tertiary/aromatic N) is 1. The Hall–Kier alpha value is -0.330. The summed E-state index contributed by atoms with van der Waals surface area (Å²) in [4.78, 5) is -0.0838. The lowest BCUT2D eigenvalue weighted by molar-refractivity contribution is 0.0215. The van der Waals surface area contributed by atoms with E-state index in [0.717, 1.165) is 0 Å². The molecule has 0 saturated carbocycles. The van der Waals surface area contributed by atoms with Gasteiger partial charge in [-0.25, -0.2) is 8.42 Å². The topological polar surface area (TPSA) is 57.6 Å². The minimum atomic E-state index is -3.82. The molecule has 1 atom stereocenters. The third-order valence-corrected chi connectivity index (χ3v) is 6.37. The molecule has 4 nitrogen and oxygen atoms in total. The van der Waals surface area contributed by atoms with Gasteiger partial charge in [-0.1, -0.05) is 29.3 Å². The molecule has 1 heterocycles. The van der Waals surface area contributed by atoms with Gasteiger partial charge in [0.25, 0.3) is 0 Å². The number of sulfonamides is 1. The number of aliphatic hydroxyl groups is 1. The first-order valence-corrected chi connectivity index (χ1v) is 8.53. The van der Waals surface area contributed by atoms with Crippen LogP contribution in [-0.2, 0) is 10.0 Å². The monoisotopic (exact) mass is 337 g/mol. The Morgan fingerprint density at radius 1 is 1.30 bits per heavy atom. The molecule has 0 bridgehead atoms. The van der Waals surface area contributed by atoms with Gasteiger partial charge in [0.2, 0.25) is 10.0 Å². The molecule has 1 saturated heterocycles. The Labute approximate surface area is 129 Å². The minimum absolute atomic E-state index is 0.0838. The van der Waals surface area contributed by atoms with Crippen LogP contribution in [0.15, 0.2) is 23.1 Å². The predicted molar refractivity (Wildman–Crippen MR) is 79.7 cm³/mol. The average molecular weight is 338 g/mol. The van der Waals surface area contributed by atoms with E-state index < -0.39 is 21.7 Å². The molecule has 0 amide bonds. The van der Waals surface area contributed by atoms with Crippen LogP contribution >= 0.6 is 23.2 Å². The zero-order valence-electron chi connectivity index (χ0n) is 11.3. The van der Waals surface area contributed by atoms with Gasteiger partial charge < -0.3 is 5.11 Å². The molecule has 0 aromatic heterocycles. The van der Waals surface area contributed by atoms with Crippen LogP contribution in [0.5, 0.6) is 0 Å². The summed E-state index contributed by atoms with van der Waals surface area (Å²) < 4.78 is 26.9. The Bertz CT molecular complexity index is 590. The highest BCUT2D eigenvalue weighted by Gasteiger charge is 2.43. The van der Waals surface area contributed by atoms with E-state index >= 15 is 0 Å². The van der Waals surface area contributed by atoms with Crippen LogP contribution in [0.1, 0.15) is 26.7 Å². The van der Waals surface area contributed by atoms with Crippen molar-refractivity contribution in [2.24, 2.45) is 0 Å². The summed E-state index contributed by atoms with van der Waals surface area (Å²) in [7, 11) is -3.82. The van der Waals surface area contributed by atoms with Crippen molar-refractivity contribution >= 4 is 33.2 Å². The van der Waals surface area contributed by atoms with Gasteiger partial charge in [0.1, 0.15) is 4.90 Å². The molecule has 1 aliphatic rings. The van der Waals surface area contributed by atoms with Gasteiger partial charge >= 0.3 is 0 Å². The predicted octanol–water partition coefficient (Wildman–Crippen LogP) is 2.92. The molecule has 1 unspecified atom stereocenters. The summed E-state index contributed by atoms with van der Waals surface area (Å²) in [6.45, 7) is 3.58. The number of halogens is 2. The second-order valence-corrected chi connectivity index (χ2v) is 8.12. The molecule has 1 fully saturated rings. The molecular weight excluding hydrogens is 321 g/mol. The fraction of sp³-hybridized carbons (Fsp3) is 0.538. The second kappa shape index (κ2) is 5.46. The Morgan fingerprint density at radius 3 is 2.35 bits per heavy atom. The van der Waals surface area contributed by atoms with Crippen molar-refractivity contribution in [1.82, 2.24) is 4.31 Å². The number of hydrogen-bond acceptors (Lipinski definition) is 3. The highest BCUT2D eigenvalue weighted by Crippen LogP contribution is 2.37. The molecular formula is C13H17Cl2NO3S. The summed E-state index contributed by atoms with van der Waals surface area (Å²) in [6, 6.07) is 4.12. The fourth-order valence-electron chi connectivity index (χ4n) is 2.58. The molecule has 112 valence electrons. The van der Waals surface area contributed by atoms with Crippen molar-refractivity contribution in [2.75, 3.05) is 6.54 Å². The van der Waals surface area contributed by atoms with Gasteiger partial charge in [-0.05, 0) is 38.8 Å². The maximum absolute atomic E-state index is 12.8. The van der Waals surface area contributed by atoms with Crippen molar-refractivity contribution in [3.8, 4) is 0 Å². The molecule has 1 aromatic rings. The average Bonchev–Trinajstić information content (AvgIpc) is 2.77. The largest absolute Gasteiger partial charge is 0.389 e. The van der Waals surface area contributed by atoms with Crippen molar-refractivity contribution < 1.29 is 13.5 Å². The molecule has 0 spiro atoms. The summed E-state index contributed by atoms with van der Waals surface area (Å²) in [6.07, 6.45) is 1.32. The Balaban J connectivity index is 2.51. The molecule has 1 aliphatic heterocycles. The second-order valence-electron chi connectivity index (χ2n) is 5.48. The first kappa shape index (κ1) is 16.0. The Kier molecular flexibility index (Phi) is 4.38. The lowest BCUT2D eigenvalue weighted by atomic mass is 9.98. The molecule has 7 heteroatoms. The Morgan fingerprint density at radius 2 is 1.85 bits per heavy atom. The van der Waals surface area contributed by atoms with Crippen molar-refractivity contribution in [3.05, 3.63) is 28.2 Å². The molecule has 0 radical (unpaired) electrons. The number of rotatable bonds is 3. The lowest BCUT2D eigenvalue weighted by Crippen LogP contribution is -2.48. The highest BCUT2D eigenvalue weighted by molar-refractivity contribution is 7.89. The van der Waals surface area contributed by atoms with Crippen LogP contribution in [0.4, 0.5) is 0 Å². The number of benzene rings is 1. The van der Waals surface area contributed by atoms with Crippen LogP contribution in [0.3, 0.4) is 0 Å². The van der Waals surface area contributed by atoms with E-state index in [-0.39, 0.29) is 14.9 Å². The van der Waals surface area contributed by atoms with Gasteiger partial charge in [-0.15, -0.1) is 0 Å². The third-order valence-electron chi connectivity index (χ3n) is 3.50. The lowest BCUT2D eigenvalue weighted by Gasteiger charge is -2.33. The van der Waals surface area contributed by atoms with Gasteiger partial charge in [0.05, 0.1) is 21.7 Å². The van der Waals surface area contributed by atoms with E-state index in [9.17, 15) is 13.5 Å². The third kappa shape index (κ3) is 2.83. The van der Waals surface area contributed by atoms with Crippen LogP contribution in [0.25, 0.3) is 0 Å². The van der Waals surface area contributed by atoms with Gasteiger partial charge in [0, 0.05) is 6.54 Å². The first-order chi connectivity index (χ1) is 9.15. The van der Waals surface area contributed by atoms with Gasteiger partial charge in [-0.3, -0.25) is 0 Å². The zero-order valence-corrected chi connectivity index (χ0v) is 13.6. The van der Waals surface area contributed by atoms with E-state index in [2.05, 4.69) is 0 Å². The maximum atomic E-state index is 12.8. The smallest absolute Gasteiger partial charge is 0.246 e. The van der Waals surface area contributed by atoms with E-state index in [1.807, 2.05) is 0 Å². The fourth-order valence-corrected chi connectivity index (χ4v) is 5.49. The number of hydrogen-bond donors (Lipinski definition) is 1. The van der Waals surface area contributed by atoms with E-state index in [4.69, 9.17) is 23.2 Å². The van der Waals surface area contributed by atoms with E-state index in [1.165, 1.54) is 16.4 Å². The summed E-state index contributed by atoms with van der Waals surface area (Å²) in [5.74, 6) is 0. The highest BCUT2D eigenvalue weighted by atomic mass is 35.5. The standard InChI is InChI=1S/C13H17Cl2NO3S/c1-13(2,17)11-7-4-8-16(11)20(18,19)12-9(14)5-3-6-10(12)15/h3,5-6,11,17H,4,7-8H2,1-2H3. The van der Waals surface area contributed by atoms with Crippen molar-refractivity contribution in [2.45, 2.75) is 43.2 Å². The van der Waals surface area contributed by atoms with Crippen LogP contribution in [-0.4, -0.2) is 36.0 Å². The van der Waals surface area contributed by atoms with E-state index in [0.29, 0.717) is 19.4 Å². The first-order valence-electron chi connectivity index (χ1n) is 6.34. The quantitative estimate of drug-likeness (QED) is 0.922. The minimum Gasteiger partial charge on any atom is -0.389 e. The maximum Gasteiger partial charge on any atom is 0.246 e. The molecule has 0 aliphatic carbocycles. The van der Waals surface area contributed by atoms with Gasteiger partial charge in [0.15, 0.2) is 0 Å². The molecule has 1 aromatic carbocycles. The normalized spacial score (nSPS) is 21.4. The summed E-state index contributed by atoms with van der Waals surface area (Å²) >= 11 is 12.0. The van der Waals surface area contributed by atoms with Crippen LogP contribution in [0, 0.1) is 0 Å². The van der Waals surface area contributed by atoms with Crippen molar-refractivity contribution in [1.29, 1.82) is 0 Å². The van der Waals surface area contributed by atoms with Crippen LogP contribution < -0.4 is 0 Å². The van der Waals surface area contributed by atoms with Crippen LogP contribution in [0.2, 0.25) is 10.0 Å². The summed E-state index contributed by atoms with van der Waals surface area (Å²) in [5.41, 5.74) is -1.11. The van der Waals surface area contributed by atoms with Crippen molar-refractivity contribution in [3.63, 3.8) is 0 Å². The van der Waals surface area contributed by atoms with Gasteiger partial charge in [-0.2, -0.15) is 4.31 Å². The molecule has 2 rings (SSSR count). The van der Waals surface area contributed by atoms with E-state index in [1.54, 1.807) is 19.9 Å². The summed E-state index contributed by atoms with van der Waals surface area (Å²) in [5, 5.41) is 10.4. The SMILES string of the molecule is CC(C)(O)C1CCCN1S(=O)(=O)c1c(Cl)cccc1Cl. The zero-order chi connectivity index (χ0) is 15.1.